The average Bonchev–Trinajstić information content (AvgIpc) is 3.39. The largest absolute Gasteiger partial charge is 0.497 e. The first kappa shape index (κ1) is 20.6. The van der Waals surface area contributed by atoms with Crippen molar-refractivity contribution in [2.45, 2.75) is 0 Å². The Balaban J connectivity index is 1.24. The van der Waals surface area contributed by atoms with Gasteiger partial charge in [0.15, 0.2) is 5.69 Å². The first-order chi connectivity index (χ1) is 16.2. The van der Waals surface area contributed by atoms with Crippen molar-refractivity contribution >= 4 is 11.7 Å². The van der Waals surface area contributed by atoms with Crippen molar-refractivity contribution in [3.05, 3.63) is 78.9 Å². The fraction of sp³-hybridized carbons (Fsp3) is 0.208. The van der Waals surface area contributed by atoms with Crippen LogP contribution < -0.4 is 9.64 Å². The summed E-state index contributed by atoms with van der Waals surface area (Å²) in [7, 11) is 1.65. The molecule has 2 aromatic heterocycles. The third kappa shape index (κ3) is 4.38. The topological polar surface area (TPSA) is 89.3 Å². The molecule has 0 bridgehead atoms. The summed E-state index contributed by atoms with van der Waals surface area (Å²) in [6.07, 6.45) is 3.10. The highest BCUT2D eigenvalue weighted by molar-refractivity contribution is 5.92. The Labute approximate surface area is 191 Å². The van der Waals surface area contributed by atoms with Gasteiger partial charge in [-0.1, -0.05) is 18.2 Å². The Bertz CT molecular complexity index is 1230. The van der Waals surface area contributed by atoms with E-state index >= 15 is 0 Å². The number of rotatable bonds is 5. The molecule has 5 rings (SSSR count). The first-order valence-corrected chi connectivity index (χ1v) is 10.7. The van der Waals surface area contributed by atoms with Crippen LogP contribution in [-0.4, -0.2) is 69.1 Å². The van der Waals surface area contributed by atoms with Crippen LogP contribution in [0.25, 0.3) is 16.9 Å². The van der Waals surface area contributed by atoms with Gasteiger partial charge in [-0.05, 0) is 36.4 Å². The molecule has 0 atom stereocenters. The highest BCUT2D eigenvalue weighted by atomic mass is 16.5. The second kappa shape index (κ2) is 9.07. The van der Waals surface area contributed by atoms with Gasteiger partial charge in [-0.25, -0.2) is 9.97 Å². The van der Waals surface area contributed by atoms with Gasteiger partial charge in [0.05, 0.1) is 24.7 Å². The average molecular weight is 441 g/mol. The number of piperazine rings is 1. The molecule has 4 aromatic rings. The molecule has 9 nitrogen and oxygen atoms in total. The van der Waals surface area contributed by atoms with Gasteiger partial charge >= 0.3 is 0 Å². The van der Waals surface area contributed by atoms with E-state index in [-0.39, 0.29) is 5.91 Å². The Hall–Kier alpha value is -4.27. The smallest absolute Gasteiger partial charge is 0.276 e. The van der Waals surface area contributed by atoms with Gasteiger partial charge in [0, 0.05) is 37.8 Å². The van der Waals surface area contributed by atoms with Crippen LogP contribution >= 0.6 is 0 Å². The first-order valence-electron chi connectivity index (χ1n) is 10.7. The molecule has 166 valence electrons. The highest BCUT2D eigenvalue weighted by Crippen LogP contribution is 2.24. The molecule has 9 heteroatoms. The predicted octanol–water partition coefficient (Wildman–Crippen LogP) is 2.70. The number of hydrogen-bond acceptors (Lipinski definition) is 7. The predicted molar refractivity (Wildman–Crippen MR) is 123 cm³/mol. The van der Waals surface area contributed by atoms with Gasteiger partial charge in [-0.15, -0.1) is 5.10 Å². The van der Waals surface area contributed by atoms with E-state index in [9.17, 15) is 4.79 Å². The quantitative estimate of drug-likeness (QED) is 0.470. The van der Waals surface area contributed by atoms with Crippen LogP contribution in [0.15, 0.2) is 73.2 Å². The standard InChI is InChI=1S/C24H23N7O2/c1-33-20-9-7-18(8-10-20)21-15-23(26-17-25-21)29-11-13-30(14-12-29)24(32)22-16-27-31(28-22)19-5-3-2-4-6-19/h2-10,15-17H,11-14H2,1H3. The van der Waals surface area contributed by atoms with E-state index in [0.29, 0.717) is 31.9 Å². The number of carbonyl (C=O) groups is 1. The van der Waals surface area contributed by atoms with Crippen LogP contribution in [-0.2, 0) is 0 Å². The molecule has 1 aliphatic rings. The summed E-state index contributed by atoms with van der Waals surface area (Å²) in [6.45, 7) is 2.52. The van der Waals surface area contributed by atoms with Crippen LogP contribution in [0.1, 0.15) is 10.5 Å². The van der Waals surface area contributed by atoms with E-state index in [1.54, 1.807) is 18.3 Å². The third-order valence-electron chi connectivity index (χ3n) is 5.63. The zero-order valence-corrected chi connectivity index (χ0v) is 18.2. The minimum absolute atomic E-state index is 0.113. The van der Waals surface area contributed by atoms with Crippen molar-refractivity contribution in [3.63, 3.8) is 0 Å². The summed E-state index contributed by atoms with van der Waals surface area (Å²) in [4.78, 5) is 27.2. The Morgan fingerprint density at radius 1 is 0.939 bits per heavy atom. The van der Waals surface area contributed by atoms with E-state index in [1.807, 2.05) is 60.7 Å². The summed E-state index contributed by atoms with van der Waals surface area (Å²) in [5, 5.41) is 8.60. The monoisotopic (exact) mass is 441 g/mol. The summed E-state index contributed by atoms with van der Waals surface area (Å²) < 4.78 is 5.23. The lowest BCUT2D eigenvalue weighted by molar-refractivity contribution is 0.0740. The van der Waals surface area contributed by atoms with Crippen LogP contribution in [0.5, 0.6) is 5.75 Å². The van der Waals surface area contributed by atoms with Crippen LogP contribution in [0.3, 0.4) is 0 Å². The molecule has 1 aliphatic heterocycles. The number of aromatic nitrogens is 5. The summed E-state index contributed by atoms with van der Waals surface area (Å²) in [5.41, 5.74) is 3.00. The number of carbonyl (C=O) groups excluding carboxylic acids is 1. The van der Waals surface area contributed by atoms with Crippen molar-refractivity contribution in [2.75, 3.05) is 38.2 Å². The minimum atomic E-state index is -0.113. The Kier molecular flexibility index (Phi) is 5.67. The van der Waals surface area contributed by atoms with E-state index in [1.165, 1.54) is 11.0 Å². The van der Waals surface area contributed by atoms with Gasteiger partial charge in [0.25, 0.3) is 5.91 Å². The second-order valence-corrected chi connectivity index (χ2v) is 7.62. The van der Waals surface area contributed by atoms with Gasteiger partial charge < -0.3 is 14.5 Å². The second-order valence-electron chi connectivity index (χ2n) is 7.62. The van der Waals surface area contributed by atoms with E-state index < -0.39 is 0 Å². The number of hydrogen-bond donors (Lipinski definition) is 0. The van der Waals surface area contributed by atoms with Gasteiger partial charge in [-0.3, -0.25) is 4.79 Å². The molecule has 1 amide bonds. The molecule has 0 unspecified atom stereocenters. The molecule has 0 radical (unpaired) electrons. The summed E-state index contributed by atoms with van der Waals surface area (Å²) in [5.74, 6) is 1.54. The number of para-hydroxylation sites is 1. The number of methoxy groups -OCH3 is 1. The molecule has 2 aromatic carbocycles. The van der Waals surface area contributed by atoms with E-state index in [0.717, 1.165) is 28.5 Å². The number of nitrogens with zero attached hydrogens (tertiary/aromatic N) is 7. The molecule has 1 saturated heterocycles. The van der Waals surface area contributed by atoms with Gasteiger partial charge in [-0.2, -0.15) is 9.90 Å². The number of anilines is 1. The number of benzene rings is 2. The zero-order valence-electron chi connectivity index (χ0n) is 18.2. The zero-order chi connectivity index (χ0) is 22.6. The molecule has 0 spiro atoms. The molecular weight excluding hydrogens is 418 g/mol. The summed E-state index contributed by atoms with van der Waals surface area (Å²) in [6, 6.07) is 19.3. The SMILES string of the molecule is COc1ccc(-c2cc(N3CCN(C(=O)c4cnn(-c5ccccc5)n4)CC3)ncn2)cc1. The molecule has 1 fully saturated rings. The third-order valence-corrected chi connectivity index (χ3v) is 5.63. The maximum absolute atomic E-state index is 12.9. The molecule has 0 N–H and O–H groups in total. The number of amides is 1. The van der Waals surface area contributed by atoms with E-state index in [4.69, 9.17) is 4.74 Å². The van der Waals surface area contributed by atoms with Crippen LogP contribution in [0, 0.1) is 0 Å². The molecule has 3 heterocycles. The van der Waals surface area contributed by atoms with Crippen LogP contribution in [0.4, 0.5) is 5.82 Å². The Morgan fingerprint density at radius 3 is 2.42 bits per heavy atom. The van der Waals surface area contributed by atoms with Gasteiger partial charge in [0.1, 0.15) is 17.9 Å². The molecular formula is C24H23N7O2. The normalized spacial score (nSPS) is 13.7. The van der Waals surface area contributed by atoms with Gasteiger partial charge in [0.2, 0.25) is 0 Å². The Morgan fingerprint density at radius 2 is 1.70 bits per heavy atom. The summed E-state index contributed by atoms with van der Waals surface area (Å²) >= 11 is 0. The number of ether oxygens (including phenoxy) is 1. The lowest BCUT2D eigenvalue weighted by atomic mass is 10.1. The molecule has 0 aliphatic carbocycles. The molecule has 0 saturated carbocycles. The lowest BCUT2D eigenvalue weighted by Gasteiger charge is -2.35. The van der Waals surface area contributed by atoms with Crippen molar-refractivity contribution in [2.24, 2.45) is 0 Å². The van der Waals surface area contributed by atoms with E-state index in [2.05, 4.69) is 25.1 Å². The van der Waals surface area contributed by atoms with Crippen molar-refractivity contribution in [3.8, 4) is 22.7 Å². The maximum atomic E-state index is 12.9. The van der Waals surface area contributed by atoms with Crippen LogP contribution in [0.2, 0.25) is 0 Å². The minimum Gasteiger partial charge on any atom is -0.497 e. The highest BCUT2D eigenvalue weighted by Gasteiger charge is 2.25. The van der Waals surface area contributed by atoms with Crippen molar-refractivity contribution in [1.82, 2.24) is 29.9 Å². The maximum Gasteiger partial charge on any atom is 0.276 e. The fourth-order valence-corrected chi connectivity index (χ4v) is 3.79. The molecule has 33 heavy (non-hydrogen) atoms. The van der Waals surface area contributed by atoms with Crippen molar-refractivity contribution in [1.29, 1.82) is 0 Å². The lowest BCUT2D eigenvalue weighted by Crippen LogP contribution is -2.49. The van der Waals surface area contributed by atoms with Crippen molar-refractivity contribution < 1.29 is 9.53 Å². The fourth-order valence-electron chi connectivity index (χ4n) is 3.79.